The van der Waals surface area contributed by atoms with Crippen LogP contribution in [0.1, 0.15) is 24.5 Å². The van der Waals surface area contributed by atoms with Gasteiger partial charge in [0.25, 0.3) is 0 Å². The van der Waals surface area contributed by atoms with Gasteiger partial charge in [-0.1, -0.05) is 24.3 Å². The number of halogens is 3. The topological polar surface area (TPSA) is 70.4 Å². The van der Waals surface area contributed by atoms with Gasteiger partial charge in [-0.25, -0.2) is 14.7 Å². The number of hydrogen-bond acceptors (Lipinski definition) is 4. The second kappa shape index (κ2) is 9.73. The van der Waals surface area contributed by atoms with Gasteiger partial charge in [0.1, 0.15) is 12.7 Å². The van der Waals surface area contributed by atoms with E-state index in [1.165, 1.54) is 11.2 Å². The van der Waals surface area contributed by atoms with Gasteiger partial charge in [0, 0.05) is 25.7 Å². The van der Waals surface area contributed by atoms with E-state index in [0.29, 0.717) is 45.1 Å². The molecule has 1 aliphatic heterocycles. The molecule has 0 bridgehead atoms. The highest BCUT2D eigenvalue weighted by Gasteiger charge is 2.34. The molecule has 2 aromatic rings. The molecule has 158 valence electrons. The number of benzene rings is 1. The summed E-state index contributed by atoms with van der Waals surface area (Å²) in [7, 11) is 0. The number of aliphatic imine (C=N–C) groups is 1. The molecule has 1 aliphatic rings. The van der Waals surface area contributed by atoms with Gasteiger partial charge in [-0.2, -0.15) is 18.3 Å². The predicted molar refractivity (Wildman–Crippen MR) is 104 cm³/mol. The molecule has 0 amide bonds. The van der Waals surface area contributed by atoms with Gasteiger partial charge in [-0.15, -0.1) is 0 Å². The Hall–Kier alpha value is -2.62. The summed E-state index contributed by atoms with van der Waals surface area (Å²) in [6.07, 6.45) is -0.332. The molecule has 1 aromatic carbocycles. The quantitative estimate of drug-likeness (QED) is 0.541. The third kappa shape index (κ3) is 7.04. The Morgan fingerprint density at radius 1 is 1.31 bits per heavy atom. The Morgan fingerprint density at radius 3 is 2.86 bits per heavy atom. The van der Waals surface area contributed by atoms with Crippen molar-refractivity contribution < 1.29 is 13.2 Å². The molecule has 1 aromatic heterocycles. The first-order valence-electron chi connectivity index (χ1n) is 9.65. The van der Waals surface area contributed by atoms with E-state index in [1.807, 2.05) is 25.1 Å². The van der Waals surface area contributed by atoms with E-state index in [0.717, 1.165) is 11.1 Å². The monoisotopic (exact) mass is 409 g/mol. The van der Waals surface area contributed by atoms with Crippen molar-refractivity contribution in [2.24, 2.45) is 4.99 Å². The van der Waals surface area contributed by atoms with Crippen molar-refractivity contribution in [1.82, 2.24) is 30.3 Å². The Morgan fingerprint density at radius 2 is 2.14 bits per heavy atom. The largest absolute Gasteiger partial charge is 0.401 e. The molecule has 0 aliphatic carbocycles. The van der Waals surface area contributed by atoms with Crippen molar-refractivity contribution in [1.29, 1.82) is 0 Å². The van der Waals surface area contributed by atoms with Crippen molar-refractivity contribution in [3.63, 3.8) is 0 Å². The SMILES string of the molecule is CCNC(=NCc1cccc(Cn2cncn2)c1)NC1CCN(CC(F)(F)F)C1. The summed E-state index contributed by atoms with van der Waals surface area (Å²) in [5.41, 5.74) is 2.14. The lowest BCUT2D eigenvalue weighted by Crippen LogP contribution is -2.45. The second-order valence-corrected chi connectivity index (χ2v) is 7.09. The van der Waals surface area contributed by atoms with Crippen molar-refractivity contribution in [2.75, 3.05) is 26.2 Å². The van der Waals surface area contributed by atoms with Crippen molar-refractivity contribution >= 4 is 5.96 Å². The molecule has 1 fully saturated rings. The number of rotatable bonds is 7. The molecule has 0 saturated carbocycles. The van der Waals surface area contributed by atoms with Crippen LogP contribution in [0.15, 0.2) is 41.9 Å². The Labute approximate surface area is 168 Å². The molecule has 10 heteroatoms. The lowest BCUT2D eigenvalue weighted by atomic mass is 10.1. The van der Waals surface area contributed by atoms with Crippen molar-refractivity contribution in [2.45, 2.75) is 38.7 Å². The first kappa shape index (κ1) is 21.1. The van der Waals surface area contributed by atoms with Crippen molar-refractivity contribution in [3.8, 4) is 0 Å². The molecule has 7 nitrogen and oxygen atoms in total. The Bertz CT molecular complexity index is 789. The average molecular weight is 409 g/mol. The van der Waals surface area contributed by atoms with Crippen LogP contribution >= 0.6 is 0 Å². The third-order valence-corrected chi connectivity index (χ3v) is 4.58. The zero-order chi connectivity index (χ0) is 20.7. The highest BCUT2D eigenvalue weighted by atomic mass is 19.4. The van der Waals surface area contributed by atoms with Gasteiger partial charge in [0.2, 0.25) is 0 Å². The summed E-state index contributed by atoms with van der Waals surface area (Å²) in [6.45, 7) is 3.67. The van der Waals surface area contributed by atoms with E-state index in [9.17, 15) is 13.2 Å². The molecule has 1 unspecified atom stereocenters. The maximum Gasteiger partial charge on any atom is 0.401 e. The first-order chi connectivity index (χ1) is 13.9. The third-order valence-electron chi connectivity index (χ3n) is 4.58. The summed E-state index contributed by atoms with van der Waals surface area (Å²) >= 11 is 0. The number of nitrogens with zero attached hydrogens (tertiary/aromatic N) is 5. The summed E-state index contributed by atoms with van der Waals surface area (Å²) in [6, 6.07) is 8.01. The number of guanidine groups is 1. The fourth-order valence-electron chi connectivity index (χ4n) is 3.36. The van der Waals surface area contributed by atoms with E-state index >= 15 is 0 Å². The summed E-state index contributed by atoms with van der Waals surface area (Å²) in [5.74, 6) is 0.619. The Balaban J connectivity index is 1.57. The zero-order valence-electron chi connectivity index (χ0n) is 16.4. The van der Waals surface area contributed by atoms with Crippen LogP contribution in [0.25, 0.3) is 0 Å². The molecule has 1 saturated heterocycles. The zero-order valence-corrected chi connectivity index (χ0v) is 16.4. The lowest BCUT2D eigenvalue weighted by Gasteiger charge is -2.19. The van der Waals surface area contributed by atoms with Crippen LogP contribution in [-0.4, -0.2) is 64.0 Å². The normalized spacial score (nSPS) is 18.2. The van der Waals surface area contributed by atoms with Gasteiger partial charge in [-0.3, -0.25) is 4.90 Å². The summed E-state index contributed by atoms with van der Waals surface area (Å²) in [5, 5.41) is 10.5. The van der Waals surface area contributed by atoms with Gasteiger partial charge in [0.05, 0.1) is 19.6 Å². The number of likely N-dealkylation sites (tertiary alicyclic amines) is 1. The fourth-order valence-corrected chi connectivity index (χ4v) is 3.36. The van der Waals surface area contributed by atoms with E-state index < -0.39 is 12.7 Å². The number of alkyl halides is 3. The van der Waals surface area contributed by atoms with Gasteiger partial charge in [-0.05, 0) is 24.5 Å². The molecule has 3 rings (SSSR count). The molecule has 2 N–H and O–H groups in total. The standard InChI is InChI=1S/C19H26F3N7/c1-2-24-18(27-17-6-7-28(11-17)12-19(20,21)22)25-9-15-4-3-5-16(8-15)10-29-14-23-13-26-29/h3-5,8,13-14,17H,2,6-7,9-12H2,1H3,(H2,24,25,27). The maximum atomic E-state index is 12.6. The Kier molecular flexibility index (Phi) is 7.08. The van der Waals surface area contributed by atoms with E-state index in [2.05, 4.69) is 31.8 Å². The minimum Gasteiger partial charge on any atom is -0.357 e. The molecule has 1 atom stereocenters. The van der Waals surface area contributed by atoms with Gasteiger partial charge in [0.15, 0.2) is 5.96 Å². The second-order valence-electron chi connectivity index (χ2n) is 7.09. The minimum atomic E-state index is -4.16. The number of hydrogen-bond donors (Lipinski definition) is 2. The predicted octanol–water partition coefficient (Wildman–Crippen LogP) is 2.02. The molecule has 29 heavy (non-hydrogen) atoms. The lowest BCUT2D eigenvalue weighted by molar-refractivity contribution is -0.143. The number of nitrogens with one attached hydrogen (secondary N) is 2. The molecule has 0 radical (unpaired) electrons. The molecular weight excluding hydrogens is 383 g/mol. The van der Waals surface area contributed by atoms with Crippen LogP contribution in [0.3, 0.4) is 0 Å². The van der Waals surface area contributed by atoms with Crippen LogP contribution in [0, 0.1) is 0 Å². The van der Waals surface area contributed by atoms with Gasteiger partial charge >= 0.3 is 6.18 Å². The van der Waals surface area contributed by atoms with E-state index in [1.54, 1.807) is 11.0 Å². The van der Waals surface area contributed by atoms with Crippen molar-refractivity contribution in [3.05, 3.63) is 48.0 Å². The molecular formula is C19H26F3N7. The fraction of sp³-hybridized carbons (Fsp3) is 0.526. The maximum absolute atomic E-state index is 12.6. The average Bonchev–Trinajstić information content (AvgIpc) is 3.31. The summed E-state index contributed by atoms with van der Waals surface area (Å²) < 4.78 is 39.5. The molecule has 2 heterocycles. The van der Waals surface area contributed by atoms with Crippen LogP contribution < -0.4 is 10.6 Å². The highest BCUT2D eigenvalue weighted by Crippen LogP contribution is 2.20. The molecule has 0 spiro atoms. The highest BCUT2D eigenvalue weighted by molar-refractivity contribution is 5.80. The van der Waals surface area contributed by atoms with Gasteiger partial charge < -0.3 is 10.6 Å². The smallest absolute Gasteiger partial charge is 0.357 e. The summed E-state index contributed by atoms with van der Waals surface area (Å²) in [4.78, 5) is 9.97. The van der Waals surface area contributed by atoms with Crippen LogP contribution in [-0.2, 0) is 13.1 Å². The van der Waals surface area contributed by atoms with E-state index in [4.69, 9.17) is 0 Å². The minimum absolute atomic E-state index is 0.0474. The van der Waals surface area contributed by atoms with Crippen LogP contribution in [0.4, 0.5) is 13.2 Å². The van der Waals surface area contributed by atoms with E-state index in [-0.39, 0.29) is 6.04 Å². The first-order valence-corrected chi connectivity index (χ1v) is 9.65. The van der Waals surface area contributed by atoms with Crippen LogP contribution in [0.5, 0.6) is 0 Å². The van der Waals surface area contributed by atoms with Crippen LogP contribution in [0.2, 0.25) is 0 Å². The number of aromatic nitrogens is 3.